The Morgan fingerprint density at radius 2 is 1.41 bits per heavy atom. The number of halogens is 2. The van der Waals surface area contributed by atoms with E-state index in [4.69, 9.17) is 0 Å². The molecule has 0 saturated heterocycles. The molecule has 0 unspecified atom stereocenters. The maximum atomic E-state index is 13.1. The third-order valence-electron chi connectivity index (χ3n) is 3.31. The van der Waals surface area contributed by atoms with Crippen molar-refractivity contribution in [3.8, 4) is 0 Å². The minimum absolute atomic E-state index is 0.216. The number of benzene rings is 2. The molecule has 3 rings (SSSR count). The van der Waals surface area contributed by atoms with Crippen molar-refractivity contribution >= 4 is 42.6 Å². The molecular weight excluding hydrogens is 410 g/mol. The quantitative estimate of drug-likeness (QED) is 0.530. The minimum atomic E-state index is -4.84. The smallest absolute Gasteiger partial charge is 0.315 e. The van der Waals surface area contributed by atoms with E-state index in [1.54, 1.807) is 0 Å². The summed E-state index contributed by atoms with van der Waals surface area (Å²) in [4.78, 5) is 7.62. The van der Waals surface area contributed by atoms with E-state index in [9.17, 15) is 34.7 Å². The summed E-state index contributed by atoms with van der Waals surface area (Å²) in [5, 5.41) is 1.77. The summed E-state index contributed by atoms with van der Waals surface area (Å²) in [6.45, 7) is 0. The van der Waals surface area contributed by atoms with Crippen LogP contribution in [0.3, 0.4) is 0 Å². The molecule has 0 aliphatic carbocycles. The molecule has 1 aromatic heterocycles. The van der Waals surface area contributed by atoms with E-state index in [0.29, 0.717) is 0 Å². The van der Waals surface area contributed by atoms with Crippen LogP contribution in [-0.4, -0.2) is 40.9 Å². The molecule has 0 amide bonds. The molecule has 3 N–H and O–H groups in total. The fraction of sp³-hybridized carbons (Fsp3) is 0. The Bertz CT molecular complexity index is 1260. The van der Waals surface area contributed by atoms with Crippen LogP contribution in [0.4, 0.5) is 20.4 Å². The number of hydrogen-bond donors (Lipinski definition) is 3. The van der Waals surface area contributed by atoms with Crippen molar-refractivity contribution in [2.24, 2.45) is 0 Å². The Morgan fingerprint density at radius 3 is 1.96 bits per heavy atom. The van der Waals surface area contributed by atoms with Gasteiger partial charge in [0.2, 0.25) is 5.95 Å². The van der Waals surface area contributed by atoms with Gasteiger partial charge < -0.3 is 5.32 Å². The Morgan fingerprint density at radius 1 is 0.815 bits per heavy atom. The predicted octanol–water partition coefficient (Wildman–Crippen LogP) is 1.54. The fourth-order valence-corrected chi connectivity index (χ4v) is 3.77. The van der Waals surface area contributed by atoms with E-state index in [-0.39, 0.29) is 16.5 Å². The molecule has 27 heavy (non-hydrogen) atoms. The lowest BCUT2D eigenvalue weighted by Gasteiger charge is -2.11. The first-order valence-corrected chi connectivity index (χ1v) is 9.69. The first-order valence-electron chi connectivity index (χ1n) is 6.81. The molecule has 0 bridgehead atoms. The summed E-state index contributed by atoms with van der Waals surface area (Å²) >= 11 is 0. The van der Waals surface area contributed by atoms with Crippen molar-refractivity contribution in [1.82, 2.24) is 15.0 Å². The maximum absolute atomic E-state index is 13.1. The highest BCUT2D eigenvalue weighted by molar-refractivity contribution is 7.86. The van der Waals surface area contributed by atoms with Gasteiger partial charge in [-0.25, -0.2) is 0 Å². The van der Waals surface area contributed by atoms with Crippen LogP contribution >= 0.6 is 0 Å². The number of nitrogens with zero attached hydrogens (tertiary/aromatic N) is 3. The fourth-order valence-electron chi connectivity index (χ4n) is 2.35. The summed E-state index contributed by atoms with van der Waals surface area (Å²) in [6.07, 6.45) is -2.92. The number of fused-ring (bicyclic) bond motifs is 1. The Hall–Kier alpha value is -2.81. The summed E-state index contributed by atoms with van der Waals surface area (Å²) in [5.74, 6) is -0.648. The number of rotatable bonds is 4. The molecule has 10 nitrogen and oxygen atoms in total. The standard InChI is InChI=1S/C13H8F2N4O6S2/c14-11-17-12(15)19-13(18-11)16-6-4-8-7(10(5-6)27(23,24)25)2-1-3-9(8)26(20,21)22/h1-5H,(H,20,21,22)(H,23,24,25)(H,16,17,18,19). The van der Waals surface area contributed by atoms with E-state index >= 15 is 0 Å². The summed E-state index contributed by atoms with van der Waals surface area (Å²) in [7, 11) is -9.60. The van der Waals surface area contributed by atoms with Gasteiger partial charge in [0.05, 0.1) is 0 Å². The van der Waals surface area contributed by atoms with Crippen molar-refractivity contribution in [1.29, 1.82) is 0 Å². The lowest BCUT2D eigenvalue weighted by atomic mass is 10.1. The number of nitrogens with one attached hydrogen (secondary N) is 1. The van der Waals surface area contributed by atoms with E-state index in [1.807, 2.05) is 0 Å². The number of anilines is 2. The highest BCUT2D eigenvalue weighted by Gasteiger charge is 2.21. The van der Waals surface area contributed by atoms with Crippen LogP contribution in [0.25, 0.3) is 10.8 Å². The molecule has 1 heterocycles. The Kier molecular flexibility index (Phi) is 4.51. The zero-order valence-corrected chi connectivity index (χ0v) is 14.5. The van der Waals surface area contributed by atoms with Crippen molar-refractivity contribution in [3.05, 3.63) is 42.5 Å². The molecule has 0 atom stereocenters. The van der Waals surface area contributed by atoms with Gasteiger partial charge in [-0.15, -0.1) is 0 Å². The van der Waals surface area contributed by atoms with E-state index < -0.39 is 48.1 Å². The normalized spacial score (nSPS) is 12.3. The van der Waals surface area contributed by atoms with Gasteiger partial charge in [-0.2, -0.15) is 40.6 Å². The van der Waals surface area contributed by atoms with Crippen LogP contribution in [0.5, 0.6) is 0 Å². The maximum Gasteiger partial charge on any atom is 0.315 e. The summed E-state index contributed by atoms with van der Waals surface area (Å²) in [5.41, 5.74) is -0.240. The van der Waals surface area contributed by atoms with Gasteiger partial charge in [0, 0.05) is 16.5 Å². The molecule has 2 aromatic carbocycles. The lowest BCUT2D eigenvalue weighted by Crippen LogP contribution is -2.07. The zero-order chi connectivity index (χ0) is 20.0. The monoisotopic (exact) mass is 418 g/mol. The largest absolute Gasteiger partial charge is 0.324 e. The summed E-state index contributed by atoms with van der Waals surface area (Å²) in [6, 6.07) is 5.28. The van der Waals surface area contributed by atoms with Gasteiger partial charge in [0.25, 0.3) is 20.2 Å². The predicted molar refractivity (Wildman–Crippen MR) is 86.6 cm³/mol. The topological polar surface area (TPSA) is 159 Å². The van der Waals surface area contributed by atoms with Crippen molar-refractivity contribution in [3.63, 3.8) is 0 Å². The second-order valence-electron chi connectivity index (χ2n) is 5.10. The second kappa shape index (κ2) is 6.41. The summed E-state index contributed by atoms with van der Waals surface area (Å²) < 4.78 is 91.4. The van der Waals surface area contributed by atoms with Gasteiger partial charge in [0.1, 0.15) is 9.79 Å². The SMILES string of the molecule is O=S(=O)(O)c1cc(Nc2nc(F)nc(F)n2)cc2c(S(=O)(=O)O)cccc12. The highest BCUT2D eigenvalue weighted by Crippen LogP contribution is 2.32. The average Bonchev–Trinajstić information content (AvgIpc) is 2.50. The van der Waals surface area contributed by atoms with Gasteiger partial charge in [-0.3, -0.25) is 9.11 Å². The third kappa shape index (κ3) is 3.97. The first-order chi connectivity index (χ1) is 12.4. The molecule has 14 heteroatoms. The second-order valence-corrected chi connectivity index (χ2v) is 7.88. The molecule has 0 spiro atoms. The van der Waals surface area contributed by atoms with Crippen LogP contribution in [0.1, 0.15) is 0 Å². The minimum Gasteiger partial charge on any atom is -0.324 e. The van der Waals surface area contributed by atoms with Crippen molar-refractivity contribution in [2.45, 2.75) is 9.79 Å². The first kappa shape index (κ1) is 19.0. The Balaban J connectivity index is 2.31. The van der Waals surface area contributed by atoms with Gasteiger partial charge >= 0.3 is 12.2 Å². The van der Waals surface area contributed by atoms with Crippen LogP contribution in [-0.2, 0) is 20.2 Å². The zero-order valence-electron chi connectivity index (χ0n) is 12.8. The van der Waals surface area contributed by atoms with E-state index in [1.165, 1.54) is 6.07 Å². The van der Waals surface area contributed by atoms with Crippen molar-refractivity contribution in [2.75, 3.05) is 5.32 Å². The number of hydrogen-bond acceptors (Lipinski definition) is 8. The van der Waals surface area contributed by atoms with Crippen LogP contribution < -0.4 is 5.32 Å². The lowest BCUT2D eigenvalue weighted by molar-refractivity contribution is 0.457. The third-order valence-corrected chi connectivity index (χ3v) is 5.12. The van der Waals surface area contributed by atoms with E-state index in [2.05, 4.69) is 20.3 Å². The van der Waals surface area contributed by atoms with Crippen LogP contribution in [0, 0.1) is 12.2 Å². The van der Waals surface area contributed by atoms with Crippen LogP contribution in [0.15, 0.2) is 40.1 Å². The van der Waals surface area contributed by atoms with Gasteiger partial charge in [-0.1, -0.05) is 12.1 Å². The van der Waals surface area contributed by atoms with Gasteiger partial charge in [-0.05, 0) is 18.2 Å². The molecule has 0 saturated carbocycles. The molecule has 142 valence electrons. The number of aromatic nitrogens is 3. The molecule has 0 fully saturated rings. The average molecular weight is 418 g/mol. The molecule has 0 aliphatic rings. The van der Waals surface area contributed by atoms with Gasteiger partial charge in [0.15, 0.2) is 0 Å². The Labute approximate surface area is 150 Å². The molecule has 0 radical (unpaired) electrons. The van der Waals surface area contributed by atoms with E-state index in [0.717, 1.165) is 24.3 Å². The molecular formula is C13H8F2N4O6S2. The highest BCUT2D eigenvalue weighted by atomic mass is 32.2. The van der Waals surface area contributed by atoms with Crippen molar-refractivity contribution < 1.29 is 34.7 Å². The molecule has 3 aromatic rings. The molecule has 0 aliphatic heterocycles. The van der Waals surface area contributed by atoms with Crippen LogP contribution in [0.2, 0.25) is 0 Å².